The Balaban J connectivity index is 1.50. The topological polar surface area (TPSA) is 78.9 Å². The molecule has 0 bridgehead atoms. The molecule has 0 saturated heterocycles. The highest BCUT2D eigenvalue weighted by Crippen LogP contribution is 2.29. The Hall–Kier alpha value is -3.39. The maximum atomic E-state index is 5.84. The van der Waals surface area contributed by atoms with E-state index in [1.165, 1.54) is 17.3 Å². The summed E-state index contributed by atoms with van der Waals surface area (Å²) in [5.41, 5.74) is 3.24. The minimum absolute atomic E-state index is 0.100. The van der Waals surface area contributed by atoms with Crippen molar-refractivity contribution in [1.29, 1.82) is 0 Å². The van der Waals surface area contributed by atoms with Crippen LogP contribution < -0.4 is 4.74 Å². The summed E-state index contributed by atoms with van der Waals surface area (Å²) in [6.07, 6.45) is 1.84. The molecule has 4 rings (SSSR count). The first-order chi connectivity index (χ1) is 15.9. The van der Waals surface area contributed by atoms with Gasteiger partial charge < -0.3 is 9.15 Å². The summed E-state index contributed by atoms with van der Waals surface area (Å²) in [5.74, 6) is 3.07. The van der Waals surface area contributed by atoms with Crippen LogP contribution in [-0.2, 0) is 17.7 Å². The van der Waals surface area contributed by atoms with Crippen LogP contribution >= 0.6 is 11.8 Å². The van der Waals surface area contributed by atoms with Gasteiger partial charge in [-0.05, 0) is 35.2 Å². The van der Waals surface area contributed by atoms with Crippen LogP contribution in [0.25, 0.3) is 22.8 Å². The molecule has 0 radical (unpaired) electrons. The van der Waals surface area contributed by atoms with Gasteiger partial charge in [0.25, 0.3) is 0 Å². The zero-order valence-corrected chi connectivity index (χ0v) is 20.1. The number of ether oxygens (including phenoxy) is 1. The lowest BCUT2D eigenvalue weighted by molar-refractivity contribution is 0.415. The number of methoxy groups -OCH3 is 1. The molecule has 0 aliphatic rings. The van der Waals surface area contributed by atoms with E-state index in [0.29, 0.717) is 24.1 Å². The number of hydrogen-bond acceptors (Lipinski definition) is 7. The van der Waals surface area contributed by atoms with Gasteiger partial charge in [-0.2, -0.15) is 0 Å². The normalized spacial score (nSPS) is 11.5. The van der Waals surface area contributed by atoms with E-state index in [1.54, 1.807) is 7.11 Å². The van der Waals surface area contributed by atoms with Gasteiger partial charge in [-0.3, -0.25) is 4.57 Å². The minimum Gasteiger partial charge on any atom is -0.497 e. The van der Waals surface area contributed by atoms with Gasteiger partial charge in [0, 0.05) is 17.7 Å². The summed E-state index contributed by atoms with van der Waals surface area (Å²) in [4.78, 5) is 0. The highest BCUT2D eigenvalue weighted by atomic mass is 32.2. The van der Waals surface area contributed by atoms with Crippen molar-refractivity contribution in [2.24, 2.45) is 0 Å². The molecular formula is C25H27N5O2S. The van der Waals surface area contributed by atoms with E-state index in [2.05, 4.69) is 72.0 Å². The fourth-order valence-electron chi connectivity index (χ4n) is 3.31. The van der Waals surface area contributed by atoms with Gasteiger partial charge in [0.15, 0.2) is 11.0 Å². The number of thioether (sulfide) groups is 1. The second-order valence-electron chi connectivity index (χ2n) is 8.55. The number of aromatic nitrogens is 5. The van der Waals surface area contributed by atoms with Crippen molar-refractivity contribution in [2.45, 2.75) is 43.6 Å². The van der Waals surface area contributed by atoms with Gasteiger partial charge in [-0.1, -0.05) is 62.9 Å². The molecule has 33 heavy (non-hydrogen) atoms. The van der Waals surface area contributed by atoms with E-state index in [0.717, 1.165) is 27.9 Å². The Morgan fingerprint density at radius 2 is 1.67 bits per heavy atom. The lowest BCUT2D eigenvalue weighted by Gasteiger charge is -2.19. The van der Waals surface area contributed by atoms with Crippen molar-refractivity contribution < 1.29 is 9.15 Å². The molecule has 2 aromatic carbocycles. The van der Waals surface area contributed by atoms with Crippen LogP contribution in [0.1, 0.15) is 32.2 Å². The summed E-state index contributed by atoms with van der Waals surface area (Å²) in [5, 5.41) is 18.0. The van der Waals surface area contributed by atoms with Crippen LogP contribution in [0, 0.1) is 0 Å². The Bertz CT molecular complexity index is 1220. The molecule has 0 N–H and O–H groups in total. The quantitative estimate of drug-likeness (QED) is 0.243. The summed E-state index contributed by atoms with van der Waals surface area (Å²) in [7, 11) is 1.63. The fourth-order valence-corrected chi connectivity index (χ4v) is 4.10. The van der Waals surface area contributed by atoms with E-state index < -0.39 is 0 Å². The summed E-state index contributed by atoms with van der Waals surface area (Å²) in [6.45, 7) is 11.1. The van der Waals surface area contributed by atoms with E-state index in [-0.39, 0.29) is 5.41 Å². The molecule has 7 nitrogen and oxygen atoms in total. The molecule has 0 aliphatic carbocycles. The highest BCUT2D eigenvalue weighted by molar-refractivity contribution is 7.98. The summed E-state index contributed by atoms with van der Waals surface area (Å²) in [6, 6.07) is 16.0. The molecule has 2 aromatic heterocycles. The maximum Gasteiger partial charge on any atom is 0.247 e. The highest BCUT2D eigenvalue weighted by Gasteiger charge is 2.18. The van der Waals surface area contributed by atoms with E-state index >= 15 is 0 Å². The molecular weight excluding hydrogens is 434 g/mol. The second-order valence-corrected chi connectivity index (χ2v) is 9.49. The first-order valence-corrected chi connectivity index (χ1v) is 11.6. The van der Waals surface area contributed by atoms with Gasteiger partial charge in [-0.25, -0.2) is 0 Å². The van der Waals surface area contributed by atoms with E-state index in [9.17, 15) is 0 Å². The lowest BCUT2D eigenvalue weighted by Crippen LogP contribution is -2.10. The number of rotatable bonds is 8. The molecule has 0 amide bonds. The second kappa shape index (κ2) is 9.62. The monoisotopic (exact) mass is 461 g/mol. The average molecular weight is 462 g/mol. The average Bonchev–Trinajstić information content (AvgIpc) is 3.45. The maximum absolute atomic E-state index is 5.84. The largest absolute Gasteiger partial charge is 0.497 e. The summed E-state index contributed by atoms with van der Waals surface area (Å²) < 4.78 is 13.1. The van der Waals surface area contributed by atoms with Crippen LogP contribution in [0.15, 0.2) is 70.8 Å². The molecule has 0 unspecified atom stereocenters. The van der Waals surface area contributed by atoms with Gasteiger partial charge in [0.1, 0.15) is 5.75 Å². The van der Waals surface area contributed by atoms with Gasteiger partial charge in [-0.15, -0.1) is 27.0 Å². The van der Waals surface area contributed by atoms with Crippen molar-refractivity contribution >= 4 is 11.8 Å². The van der Waals surface area contributed by atoms with E-state index in [1.807, 2.05) is 34.9 Å². The van der Waals surface area contributed by atoms with Crippen LogP contribution in [-0.4, -0.2) is 32.1 Å². The third-order valence-electron chi connectivity index (χ3n) is 5.17. The molecule has 0 atom stereocenters. The van der Waals surface area contributed by atoms with Crippen molar-refractivity contribution in [3.05, 3.63) is 72.6 Å². The number of benzene rings is 2. The van der Waals surface area contributed by atoms with Gasteiger partial charge in [0.05, 0.1) is 12.9 Å². The third-order valence-corrected chi connectivity index (χ3v) is 6.12. The molecule has 0 fully saturated rings. The molecule has 0 saturated carbocycles. The molecule has 2 heterocycles. The Kier molecular flexibility index (Phi) is 6.65. The fraction of sp³-hybridized carbons (Fsp3) is 0.280. The van der Waals surface area contributed by atoms with Gasteiger partial charge in [0.2, 0.25) is 11.8 Å². The molecule has 0 spiro atoms. The van der Waals surface area contributed by atoms with Gasteiger partial charge >= 0.3 is 0 Å². The Morgan fingerprint density at radius 3 is 2.30 bits per heavy atom. The van der Waals surface area contributed by atoms with Crippen LogP contribution in [0.5, 0.6) is 5.75 Å². The molecule has 8 heteroatoms. The molecule has 4 aromatic rings. The minimum atomic E-state index is 0.100. The van der Waals surface area contributed by atoms with E-state index in [4.69, 9.17) is 9.15 Å². The van der Waals surface area contributed by atoms with Crippen molar-refractivity contribution in [3.8, 4) is 28.6 Å². The predicted molar refractivity (Wildman–Crippen MR) is 130 cm³/mol. The van der Waals surface area contributed by atoms with Crippen molar-refractivity contribution in [1.82, 2.24) is 25.0 Å². The van der Waals surface area contributed by atoms with Crippen molar-refractivity contribution in [2.75, 3.05) is 7.11 Å². The van der Waals surface area contributed by atoms with Crippen LogP contribution in [0.3, 0.4) is 0 Å². The number of nitrogens with zero attached hydrogens (tertiary/aromatic N) is 5. The first-order valence-electron chi connectivity index (χ1n) is 10.6. The molecule has 0 aliphatic heterocycles. The first kappa shape index (κ1) is 22.8. The zero-order chi connectivity index (χ0) is 23.4. The molecule has 170 valence electrons. The van der Waals surface area contributed by atoms with Crippen molar-refractivity contribution in [3.63, 3.8) is 0 Å². The third kappa shape index (κ3) is 5.17. The smallest absolute Gasteiger partial charge is 0.247 e. The zero-order valence-electron chi connectivity index (χ0n) is 19.3. The summed E-state index contributed by atoms with van der Waals surface area (Å²) >= 11 is 1.50. The van der Waals surface area contributed by atoms with Crippen LogP contribution in [0.4, 0.5) is 0 Å². The predicted octanol–water partition coefficient (Wildman–Crippen LogP) is 5.78. The SMILES string of the molecule is C=CCn1c(SCc2nnc(-c3ccc(OC)cc3)o2)nnc1-c1ccc(C(C)(C)C)cc1. The Labute approximate surface area is 197 Å². The van der Waals surface area contributed by atoms with Crippen LogP contribution in [0.2, 0.25) is 0 Å². The lowest BCUT2D eigenvalue weighted by atomic mass is 9.87. The Morgan fingerprint density at radius 1 is 0.970 bits per heavy atom. The standard InChI is InChI=1S/C25H27N5O2S/c1-6-15-30-22(17-7-11-19(12-8-17)25(2,3)4)27-29-24(30)33-16-21-26-28-23(32-21)18-9-13-20(31-5)14-10-18/h6-14H,1,15-16H2,2-5H3. The number of allylic oxidation sites excluding steroid dienone is 1. The number of hydrogen-bond donors (Lipinski definition) is 0.